The van der Waals surface area contributed by atoms with Crippen LogP contribution >= 0.6 is 7.82 Å². The Labute approximate surface area is 512 Å². The van der Waals surface area contributed by atoms with Gasteiger partial charge in [-0.1, -0.05) is 301 Å². The van der Waals surface area contributed by atoms with E-state index in [1.165, 1.54) is 109 Å². The molecule has 0 aliphatic heterocycles. The molecule has 1 amide bonds. The van der Waals surface area contributed by atoms with E-state index in [4.69, 9.17) is 9.05 Å². The van der Waals surface area contributed by atoms with Crippen LogP contribution < -0.4 is 10.2 Å². The highest BCUT2D eigenvalue weighted by atomic mass is 31.2. The number of unbranched alkanes of at least 4 members (excludes halogenated alkanes) is 23. The summed E-state index contributed by atoms with van der Waals surface area (Å²) in [6.45, 7) is 4.59. The number of quaternary nitrogens is 1. The van der Waals surface area contributed by atoms with Crippen LogP contribution in [0.3, 0.4) is 0 Å². The first-order valence-electron chi connectivity index (χ1n) is 33.7. The maximum atomic E-state index is 13.0. The van der Waals surface area contributed by atoms with Crippen LogP contribution in [0.2, 0.25) is 0 Å². The molecule has 0 fully saturated rings. The molecule has 0 spiro atoms. The zero-order valence-electron chi connectivity index (χ0n) is 54.1. The Hall–Kier alpha value is -3.62. The van der Waals surface area contributed by atoms with Crippen LogP contribution in [0.25, 0.3) is 0 Å². The highest BCUT2D eigenvalue weighted by molar-refractivity contribution is 7.45. The third-order valence-electron chi connectivity index (χ3n) is 14.3. The number of carbonyl (C=O) groups is 1. The number of phosphoric acid groups is 1. The van der Waals surface area contributed by atoms with Crippen LogP contribution in [-0.2, 0) is 18.4 Å². The van der Waals surface area contributed by atoms with Gasteiger partial charge in [0.05, 0.1) is 39.9 Å². The van der Waals surface area contributed by atoms with Crippen LogP contribution in [0.1, 0.15) is 264 Å². The lowest BCUT2D eigenvalue weighted by Crippen LogP contribution is -2.46. The summed E-state index contributed by atoms with van der Waals surface area (Å²) in [4.78, 5) is 25.6. The average molecular weight is 1170 g/mol. The van der Waals surface area contributed by atoms with E-state index in [1.807, 2.05) is 21.1 Å². The molecule has 83 heavy (non-hydrogen) atoms. The molecule has 0 heterocycles. The molecule has 0 rings (SSSR count). The number of phosphoric ester groups is 1. The van der Waals surface area contributed by atoms with Crippen molar-refractivity contribution in [2.75, 3.05) is 40.9 Å². The van der Waals surface area contributed by atoms with Crippen molar-refractivity contribution in [1.82, 2.24) is 5.32 Å². The minimum atomic E-state index is -4.60. The molecule has 9 heteroatoms. The van der Waals surface area contributed by atoms with Crippen LogP contribution in [0, 0.1) is 0 Å². The molecule has 0 aliphatic rings. The quantitative estimate of drug-likeness (QED) is 0.0272. The first kappa shape index (κ1) is 79.4. The van der Waals surface area contributed by atoms with E-state index in [9.17, 15) is 19.4 Å². The first-order valence-corrected chi connectivity index (χ1v) is 35.1. The van der Waals surface area contributed by atoms with E-state index in [2.05, 4.69) is 165 Å². The van der Waals surface area contributed by atoms with E-state index in [1.54, 1.807) is 0 Å². The van der Waals surface area contributed by atoms with E-state index in [0.29, 0.717) is 23.9 Å². The zero-order chi connectivity index (χ0) is 60.5. The van der Waals surface area contributed by atoms with Gasteiger partial charge in [-0.15, -0.1) is 0 Å². The zero-order valence-corrected chi connectivity index (χ0v) is 55.0. The molecule has 0 saturated carbocycles. The third kappa shape index (κ3) is 65.8. The number of carbonyl (C=O) groups excluding carboxylic acids is 1. The van der Waals surface area contributed by atoms with Gasteiger partial charge in [0.25, 0.3) is 7.82 Å². The molecule has 474 valence electrons. The Bertz CT molecular complexity index is 1860. The lowest BCUT2D eigenvalue weighted by Gasteiger charge is -2.30. The summed E-state index contributed by atoms with van der Waals surface area (Å²) in [6, 6.07) is -0.826. The van der Waals surface area contributed by atoms with Crippen LogP contribution in [0.5, 0.6) is 0 Å². The topological polar surface area (TPSA) is 108 Å². The van der Waals surface area contributed by atoms with Crippen LogP contribution in [0.15, 0.2) is 146 Å². The molecule has 8 nitrogen and oxygen atoms in total. The Morgan fingerprint density at radius 3 is 1.07 bits per heavy atom. The van der Waals surface area contributed by atoms with Gasteiger partial charge >= 0.3 is 0 Å². The number of nitrogens with one attached hydrogen (secondary N) is 1. The number of hydrogen-bond donors (Lipinski definition) is 2. The van der Waals surface area contributed by atoms with E-state index < -0.39 is 20.0 Å². The van der Waals surface area contributed by atoms with Crippen molar-refractivity contribution >= 4 is 13.7 Å². The second-order valence-electron chi connectivity index (χ2n) is 23.4. The summed E-state index contributed by atoms with van der Waals surface area (Å²) in [6.07, 6.45) is 96.2. The fourth-order valence-corrected chi connectivity index (χ4v) is 9.86. The molecule has 3 unspecified atom stereocenters. The number of hydrogen-bond acceptors (Lipinski definition) is 6. The number of rotatable bonds is 60. The second-order valence-corrected chi connectivity index (χ2v) is 24.9. The first-order chi connectivity index (χ1) is 40.5. The SMILES string of the molecule is CC/C=C\C/C=C\C/C=C\C/C=C\C/C=C\C/C=C\C/C=C\C/C=C\C/C=C\C/C=C\C/C=C\C/C=C\CCCCCCC(=O)NC(COP(=O)([O-])OCC[N+](C)(C)C)C(O)CCCCCCCCCCCCCCCCCCCCCC. The molecule has 0 radical (unpaired) electrons. The van der Waals surface area contributed by atoms with Crippen molar-refractivity contribution in [2.24, 2.45) is 0 Å². The largest absolute Gasteiger partial charge is 0.756 e. The van der Waals surface area contributed by atoms with Gasteiger partial charge in [0, 0.05) is 6.42 Å². The van der Waals surface area contributed by atoms with Gasteiger partial charge in [-0.2, -0.15) is 0 Å². The number of likely N-dealkylation sites (N-methyl/N-ethyl adjacent to an activating group) is 1. The number of amides is 1. The number of nitrogens with zero attached hydrogens (tertiary/aromatic N) is 1. The smallest absolute Gasteiger partial charge is 0.268 e. The molecule has 0 bridgehead atoms. The molecule has 0 aliphatic carbocycles. The lowest BCUT2D eigenvalue weighted by atomic mass is 10.0. The fraction of sp³-hybridized carbons (Fsp3) is 0.662. The Morgan fingerprint density at radius 2 is 0.735 bits per heavy atom. The van der Waals surface area contributed by atoms with E-state index in [-0.39, 0.29) is 19.1 Å². The van der Waals surface area contributed by atoms with Crippen molar-refractivity contribution in [1.29, 1.82) is 0 Å². The lowest BCUT2D eigenvalue weighted by molar-refractivity contribution is -0.870. The van der Waals surface area contributed by atoms with Crippen molar-refractivity contribution in [3.8, 4) is 0 Å². The molecular weight excluding hydrogens is 1040 g/mol. The molecule has 0 aromatic heterocycles. The molecule has 0 aromatic carbocycles. The number of allylic oxidation sites excluding steroid dienone is 24. The molecule has 2 N–H and O–H groups in total. The highest BCUT2D eigenvalue weighted by Gasteiger charge is 2.24. The maximum Gasteiger partial charge on any atom is 0.268 e. The van der Waals surface area contributed by atoms with Crippen molar-refractivity contribution < 1.29 is 32.9 Å². The fourth-order valence-electron chi connectivity index (χ4n) is 9.14. The highest BCUT2D eigenvalue weighted by Crippen LogP contribution is 2.38. The summed E-state index contributed by atoms with van der Waals surface area (Å²) < 4.78 is 23.5. The van der Waals surface area contributed by atoms with Crippen molar-refractivity contribution in [3.05, 3.63) is 146 Å². The van der Waals surface area contributed by atoms with E-state index in [0.717, 1.165) is 128 Å². The van der Waals surface area contributed by atoms with Gasteiger partial charge in [-0.25, -0.2) is 0 Å². The standard InChI is InChI=1S/C74H127N2O6P/c1-6-8-10-12-14-16-18-20-22-24-26-28-29-30-31-32-33-34-35-36-37-38-39-40-41-42-43-44-45-46-47-48-50-52-54-56-58-60-62-64-66-68-74(78)75-72(71-82-83(79,80)81-70-69-76(3,4)5)73(77)67-65-63-61-59-57-55-53-51-49-27-25-23-21-19-17-15-13-11-9-7-2/h8,10,14,16,20,22,26,28,30-31,33-34,36-37,39-40,42-43,45-46,48,50,54,56,72-73,77H,6-7,9,11-13,15,17-19,21,23-25,27,29,32,35,38,41,44,47,49,51-53,55,57-71H2,1-5H3,(H-,75,78,79,80)/b10-8-,16-14-,22-20-,28-26-,31-30-,34-33-,37-36-,40-39-,43-42-,46-45-,50-48-,56-54-. The number of aliphatic hydroxyl groups excluding tert-OH is 1. The summed E-state index contributed by atoms with van der Waals surface area (Å²) in [7, 11) is 1.27. The van der Waals surface area contributed by atoms with Crippen molar-refractivity contribution in [2.45, 2.75) is 276 Å². The van der Waals surface area contributed by atoms with E-state index >= 15 is 0 Å². The van der Waals surface area contributed by atoms with Crippen LogP contribution in [-0.4, -0.2) is 68.5 Å². The predicted octanol–water partition coefficient (Wildman–Crippen LogP) is 21.0. The molecule has 0 saturated heterocycles. The Balaban J connectivity index is 4.18. The summed E-state index contributed by atoms with van der Waals surface area (Å²) >= 11 is 0. The molecular formula is C74H127N2O6P. The van der Waals surface area contributed by atoms with Crippen LogP contribution in [0.4, 0.5) is 0 Å². The number of aliphatic hydroxyl groups is 1. The summed E-state index contributed by atoms with van der Waals surface area (Å²) in [5, 5.41) is 14.0. The predicted molar refractivity (Wildman–Crippen MR) is 361 cm³/mol. The minimum absolute atomic E-state index is 0.000156. The Kier molecular flexibility index (Phi) is 60.2. The molecule has 0 aromatic rings. The molecule has 3 atom stereocenters. The van der Waals surface area contributed by atoms with Gasteiger partial charge in [-0.05, 0) is 103 Å². The monoisotopic (exact) mass is 1170 g/mol. The van der Waals surface area contributed by atoms with Crippen molar-refractivity contribution in [3.63, 3.8) is 0 Å². The average Bonchev–Trinajstić information content (AvgIpc) is 3.49. The third-order valence-corrected chi connectivity index (χ3v) is 15.3. The van der Waals surface area contributed by atoms with Gasteiger partial charge < -0.3 is 28.8 Å². The summed E-state index contributed by atoms with van der Waals surface area (Å²) in [5.74, 6) is -0.193. The van der Waals surface area contributed by atoms with Gasteiger partial charge in [0.15, 0.2) is 0 Å². The maximum absolute atomic E-state index is 13.0. The van der Waals surface area contributed by atoms with Gasteiger partial charge in [0.1, 0.15) is 13.2 Å². The second kappa shape index (κ2) is 62.9. The van der Waals surface area contributed by atoms with Gasteiger partial charge in [-0.3, -0.25) is 9.36 Å². The Morgan fingerprint density at radius 1 is 0.434 bits per heavy atom. The summed E-state index contributed by atoms with van der Waals surface area (Å²) in [5.41, 5.74) is 0. The normalized spacial score (nSPS) is 14.6. The minimum Gasteiger partial charge on any atom is -0.756 e. The van der Waals surface area contributed by atoms with Gasteiger partial charge in [0.2, 0.25) is 5.91 Å².